The van der Waals surface area contributed by atoms with Gasteiger partial charge in [-0.25, -0.2) is 17.6 Å². The zero-order valence-corrected chi connectivity index (χ0v) is 12.9. The smallest absolute Gasteiger partial charge is 0.338 e. The monoisotopic (exact) mass is 380 g/mol. The van der Waals surface area contributed by atoms with Gasteiger partial charge in [-0.1, -0.05) is 15.9 Å². The number of sulfonamides is 1. The number of amides is 1. The summed E-state index contributed by atoms with van der Waals surface area (Å²) in [5.41, 5.74) is -0.760. The molecule has 0 aliphatic carbocycles. The van der Waals surface area contributed by atoms with Crippen LogP contribution in [0.2, 0.25) is 0 Å². The first-order valence-electron chi connectivity index (χ1n) is 5.72. The first-order valence-corrected chi connectivity index (χ1v) is 7.96. The molecule has 2 N–H and O–H groups in total. The maximum absolute atomic E-state index is 14.1. The van der Waals surface area contributed by atoms with Crippen molar-refractivity contribution in [2.75, 3.05) is 19.6 Å². The van der Waals surface area contributed by atoms with Gasteiger partial charge in [-0.3, -0.25) is 4.79 Å². The van der Waals surface area contributed by atoms with Crippen LogP contribution in [0.4, 0.5) is 4.39 Å². The SMILES string of the molecule is O=C1CN(S(=O)(=O)c2cc(Br)cc(C(=O)O)c2F)CCN1. The van der Waals surface area contributed by atoms with Crippen molar-refractivity contribution in [3.63, 3.8) is 0 Å². The highest BCUT2D eigenvalue weighted by Gasteiger charge is 2.33. The van der Waals surface area contributed by atoms with Crippen LogP contribution in [0.5, 0.6) is 0 Å². The molecule has 1 aliphatic heterocycles. The van der Waals surface area contributed by atoms with E-state index in [0.717, 1.165) is 16.4 Å². The lowest BCUT2D eigenvalue weighted by molar-refractivity contribution is -0.122. The molecular formula is C11H10BrFN2O5S. The first-order chi connectivity index (χ1) is 9.73. The summed E-state index contributed by atoms with van der Waals surface area (Å²) in [7, 11) is -4.30. The number of carbonyl (C=O) groups is 2. The van der Waals surface area contributed by atoms with E-state index in [-0.39, 0.29) is 17.6 Å². The lowest BCUT2D eigenvalue weighted by atomic mass is 10.2. The predicted octanol–water partition coefficient (Wildman–Crippen LogP) is 0.407. The summed E-state index contributed by atoms with van der Waals surface area (Å²) in [6, 6.07) is 1.95. The van der Waals surface area contributed by atoms with Crippen LogP contribution < -0.4 is 5.32 Å². The van der Waals surface area contributed by atoms with Crippen molar-refractivity contribution in [1.82, 2.24) is 9.62 Å². The molecule has 1 saturated heterocycles. The molecule has 0 aromatic heterocycles. The van der Waals surface area contributed by atoms with Crippen LogP contribution in [-0.2, 0) is 14.8 Å². The Morgan fingerprint density at radius 3 is 2.67 bits per heavy atom. The third-order valence-electron chi connectivity index (χ3n) is 2.86. The molecule has 10 heteroatoms. The van der Waals surface area contributed by atoms with E-state index in [0.29, 0.717) is 0 Å². The molecule has 0 radical (unpaired) electrons. The summed E-state index contributed by atoms with van der Waals surface area (Å²) in [6.07, 6.45) is 0. The van der Waals surface area contributed by atoms with Crippen molar-refractivity contribution >= 4 is 37.8 Å². The second kappa shape index (κ2) is 5.70. The minimum atomic E-state index is -4.30. The van der Waals surface area contributed by atoms with E-state index in [4.69, 9.17) is 5.11 Å². The largest absolute Gasteiger partial charge is 0.478 e. The Bertz CT molecular complexity index is 722. The summed E-state index contributed by atoms with van der Waals surface area (Å²) in [4.78, 5) is 21.4. The van der Waals surface area contributed by atoms with Crippen LogP contribution in [-0.4, -0.2) is 49.3 Å². The van der Waals surface area contributed by atoms with E-state index in [1.807, 2.05) is 0 Å². The van der Waals surface area contributed by atoms with Gasteiger partial charge in [0, 0.05) is 17.6 Å². The molecule has 21 heavy (non-hydrogen) atoms. The number of piperazine rings is 1. The Morgan fingerprint density at radius 1 is 1.43 bits per heavy atom. The molecule has 1 amide bonds. The zero-order chi connectivity index (χ0) is 15.8. The Kier molecular flexibility index (Phi) is 4.30. The standard InChI is InChI=1S/C11H10BrFN2O5S/c12-6-3-7(11(17)18)10(13)8(4-6)21(19,20)15-2-1-14-9(16)5-15/h3-4H,1-2,5H2,(H,14,16)(H,17,18). The number of rotatable bonds is 3. The lowest BCUT2D eigenvalue weighted by Gasteiger charge is -2.26. The fraction of sp³-hybridized carbons (Fsp3) is 0.273. The van der Waals surface area contributed by atoms with Crippen LogP contribution in [0.25, 0.3) is 0 Å². The highest BCUT2D eigenvalue weighted by atomic mass is 79.9. The quantitative estimate of drug-likeness (QED) is 0.789. The predicted molar refractivity (Wildman–Crippen MR) is 72.8 cm³/mol. The number of hydrogen-bond donors (Lipinski definition) is 2. The molecule has 114 valence electrons. The minimum absolute atomic E-state index is 0.0115. The van der Waals surface area contributed by atoms with E-state index >= 15 is 0 Å². The summed E-state index contributed by atoms with van der Waals surface area (Å²) >= 11 is 2.95. The van der Waals surface area contributed by atoms with Crippen molar-refractivity contribution in [3.05, 3.63) is 28.0 Å². The molecular weight excluding hydrogens is 371 g/mol. The second-order valence-corrected chi connectivity index (χ2v) is 7.08. The Balaban J connectivity index is 2.54. The fourth-order valence-corrected chi connectivity index (χ4v) is 3.99. The maximum atomic E-state index is 14.1. The van der Waals surface area contributed by atoms with E-state index in [9.17, 15) is 22.4 Å². The molecule has 1 aromatic rings. The third kappa shape index (κ3) is 3.06. The maximum Gasteiger partial charge on any atom is 0.338 e. The average molecular weight is 381 g/mol. The lowest BCUT2D eigenvalue weighted by Crippen LogP contribution is -2.50. The number of hydrogen-bond acceptors (Lipinski definition) is 4. The van der Waals surface area contributed by atoms with Crippen molar-refractivity contribution in [2.24, 2.45) is 0 Å². The van der Waals surface area contributed by atoms with Crippen LogP contribution >= 0.6 is 15.9 Å². The summed E-state index contributed by atoms with van der Waals surface area (Å²) in [5.74, 6) is -3.43. The van der Waals surface area contributed by atoms with Crippen LogP contribution in [0.3, 0.4) is 0 Å². The highest BCUT2D eigenvalue weighted by molar-refractivity contribution is 9.10. The van der Waals surface area contributed by atoms with Gasteiger partial charge in [0.1, 0.15) is 4.90 Å². The van der Waals surface area contributed by atoms with E-state index in [1.165, 1.54) is 0 Å². The molecule has 0 saturated carbocycles. The number of halogens is 2. The first kappa shape index (κ1) is 15.9. The highest BCUT2D eigenvalue weighted by Crippen LogP contribution is 2.27. The molecule has 0 atom stereocenters. The minimum Gasteiger partial charge on any atom is -0.478 e. The summed E-state index contributed by atoms with van der Waals surface area (Å²) in [6.45, 7) is -0.335. The van der Waals surface area contributed by atoms with Crippen molar-refractivity contribution < 1.29 is 27.5 Å². The van der Waals surface area contributed by atoms with E-state index < -0.39 is 44.7 Å². The van der Waals surface area contributed by atoms with Crippen LogP contribution in [0.15, 0.2) is 21.5 Å². The molecule has 0 unspecified atom stereocenters. The van der Waals surface area contributed by atoms with Gasteiger partial charge in [0.15, 0.2) is 5.82 Å². The van der Waals surface area contributed by atoms with Gasteiger partial charge < -0.3 is 10.4 Å². The number of nitrogens with one attached hydrogen (secondary N) is 1. The van der Waals surface area contributed by atoms with Gasteiger partial charge in [0.05, 0.1) is 12.1 Å². The third-order valence-corrected chi connectivity index (χ3v) is 5.16. The van der Waals surface area contributed by atoms with Gasteiger partial charge in [-0.15, -0.1) is 0 Å². The summed E-state index contributed by atoms with van der Waals surface area (Å²) in [5, 5.41) is 11.3. The molecule has 0 spiro atoms. The molecule has 2 rings (SSSR count). The Labute approximate surface area is 127 Å². The normalized spacial score (nSPS) is 16.6. The van der Waals surface area contributed by atoms with E-state index in [1.54, 1.807) is 0 Å². The molecule has 7 nitrogen and oxygen atoms in total. The molecule has 1 heterocycles. The number of carboxylic acids is 1. The van der Waals surface area contributed by atoms with Gasteiger partial charge in [0.2, 0.25) is 15.9 Å². The van der Waals surface area contributed by atoms with Gasteiger partial charge in [-0.2, -0.15) is 4.31 Å². The zero-order valence-electron chi connectivity index (χ0n) is 10.5. The van der Waals surface area contributed by atoms with Crippen molar-refractivity contribution in [1.29, 1.82) is 0 Å². The van der Waals surface area contributed by atoms with Crippen molar-refractivity contribution in [3.8, 4) is 0 Å². The molecule has 1 aromatic carbocycles. The van der Waals surface area contributed by atoms with Crippen molar-refractivity contribution in [2.45, 2.75) is 4.90 Å². The topological polar surface area (TPSA) is 104 Å². The molecule has 1 aliphatic rings. The second-order valence-electron chi connectivity index (χ2n) is 4.26. The number of nitrogens with zero attached hydrogens (tertiary/aromatic N) is 1. The summed E-state index contributed by atoms with van der Waals surface area (Å²) < 4.78 is 39.8. The number of carbonyl (C=O) groups excluding carboxylic acids is 1. The van der Waals surface area contributed by atoms with Crippen LogP contribution in [0.1, 0.15) is 10.4 Å². The number of carboxylic acid groups (broad SMARTS) is 1. The van der Waals surface area contributed by atoms with E-state index in [2.05, 4.69) is 21.2 Å². The Morgan fingerprint density at radius 2 is 2.10 bits per heavy atom. The molecule has 1 fully saturated rings. The number of benzene rings is 1. The Hall–Kier alpha value is -1.52. The fourth-order valence-electron chi connectivity index (χ4n) is 1.87. The van der Waals surface area contributed by atoms with Gasteiger partial charge in [-0.05, 0) is 12.1 Å². The van der Waals surface area contributed by atoms with Crippen LogP contribution in [0, 0.1) is 5.82 Å². The average Bonchev–Trinajstić information content (AvgIpc) is 2.40. The molecule has 0 bridgehead atoms. The number of aromatic carboxylic acids is 1. The van der Waals surface area contributed by atoms with Gasteiger partial charge in [0.25, 0.3) is 0 Å². The van der Waals surface area contributed by atoms with Gasteiger partial charge >= 0.3 is 5.97 Å².